The van der Waals surface area contributed by atoms with Crippen LogP contribution in [0.1, 0.15) is 164 Å². The highest BCUT2D eigenvalue weighted by molar-refractivity contribution is 7.98. The summed E-state index contributed by atoms with van der Waals surface area (Å²) in [5.74, 6) is -19.0. The zero-order valence-electron chi connectivity index (χ0n) is 64.6. The minimum atomic E-state index is -1.83. The highest BCUT2D eigenvalue weighted by atomic mass is 32.2. The molecule has 41 nitrogen and oxygen atoms in total. The van der Waals surface area contributed by atoms with Gasteiger partial charge in [-0.3, -0.25) is 76.7 Å². The van der Waals surface area contributed by atoms with Crippen LogP contribution in [0.5, 0.6) is 0 Å². The number of carboxylic acids is 2. The first kappa shape index (κ1) is 96.7. The highest BCUT2D eigenvalue weighted by Crippen LogP contribution is 2.17. The predicted octanol–water partition coefficient (Wildman–Crippen LogP) is -4.66. The molecule has 24 N–H and O–H groups in total. The SMILES string of the molecule is CC[C@H](C)[C@H](NC(=O)[C@H](CCC(=O)O)NC(=O)C(C)(C)NC(=O)[C@@H](NOC(=O)CCO)C(C)C)C(=O)N[C@@H](CCC(N)=O)C(=O)N[C@@H](CC(C)C)C(=O)N[C@@H](CCSC)C(=O)N[C@@H](Cc1cnc[nH]1)C(=O)N[C@@H](CC(N)=O)C(=O)N[C@@H](CC(C)C)C(=O)NCC(=O)N[C@@H](CCCCN)C(=O)N[C@@H](Cc1cnc[nH]1)C(=O)O. The molecule has 14 amide bonds. The molecule has 0 aliphatic carbocycles. The fraction of sp³-hybridized carbons (Fsp3) is 0.667. The molecule has 0 spiro atoms. The van der Waals surface area contributed by atoms with E-state index in [0.29, 0.717) is 18.5 Å². The van der Waals surface area contributed by atoms with Crippen LogP contribution >= 0.6 is 11.8 Å². The number of carbonyl (C=O) groups excluding carboxylic acids is 15. The number of imidazole rings is 2. The number of nitrogens with zero attached hydrogens (tertiary/aromatic N) is 2. The van der Waals surface area contributed by atoms with Crippen LogP contribution in [0.25, 0.3) is 0 Å². The van der Waals surface area contributed by atoms with Crippen molar-refractivity contribution in [2.75, 3.05) is 31.7 Å². The molecule has 0 aliphatic rings. The minimum Gasteiger partial charge on any atom is -0.481 e. The first-order valence-corrected chi connectivity index (χ1v) is 37.9. The number of hydroxylamine groups is 1. The number of thioether (sulfide) groups is 1. The number of unbranched alkanes of at least 4 members (excludes halogenated alkanes) is 1. The van der Waals surface area contributed by atoms with E-state index in [9.17, 15) is 91.7 Å². The summed E-state index contributed by atoms with van der Waals surface area (Å²) < 4.78 is 0. The van der Waals surface area contributed by atoms with Crippen molar-refractivity contribution in [1.82, 2.24) is 89.2 Å². The molecule has 0 aliphatic heterocycles. The van der Waals surface area contributed by atoms with Gasteiger partial charge in [0.15, 0.2) is 0 Å². The van der Waals surface area contributed by atoms with Gasteiger partial charge in [-0.1, -0.05) is 61.8 Å². The van der Waals surface area contributed by atoms with Crippen LogP contribution in [0.2, 0.25) is 0 Å². The number of carbonyl (C=O) groups is 17. The van der Waals surface area contributed by atoms with Gasteiger partial charge in [0.05, 0.1) is 38.6 Å². The third-order valence-electron chi connectivity index (χ3n) is 17.1. The van der Waals surface area contributed by atoms with E-state index in [2.05, 4.69) is 89.2 Å². The Morgan fingerprint density at radius 1 is 0.532 bits per heavy atom. The van der Waals surface area contributed by atoms with Crippen molar-refractivity contribution < 1.29 is 102 Å². The van der Waals surface area contributed by atoms with Gasteiger partial charge in [0.25, 0.3) is 0 Å². The second kappa shape index (κ2) is 49.7. The summed E-state index contributed by atoms with van der Waals surface area (Å²) in [4.78, 5) is 248. The van der Waals surface area contributed by atoms with Crippen molar-refractivity contribution in [3.05, 3.63) is 36.4 Å². The van der Waals surface area contributed by atoms with Crippen LogP contribution in [0.4, 0.5) is 0 Å². The molecular formula is C69H114N20O21S. The summed E-state index contributed by atoms with van der Waals surface area (Å²) >= 11 is 1.27. The summed E-state index contributed by atoms with van der Waals surface area (Å²) in [6.45, 7) is 14.7. The zero-order valence-corrected chi connectivity index (χ0v) is 65.4. The first-order valence-electron chi connectivity index (χ1n) is 36.5. The smallest absolute Gasteiger partial charge is 0.327 e. The third kappa shape index (κ3) is 36.8. The second-order valence-electron chi connectivity index (χ2n) is 28.4. The van der Waals surface area contributed by atoms with Gasteiger partial charge >= 0.3 is 17.9 Å². The molecule has 42 heteroatoms. The van der Waals surface area contributed by atoms with Gasteiger partial charge in [-0.25, -0.2) is 14.8 Å². The van der Waals surface area contributed by atoms with E-state index in [1.165, 1.54) is 50.7 Å². The van der Waals surface area contributed by atoms with Gasteiger partial charge in [-0.15, -0.1) is 5.48 Å². The number of aliphatic hydroxyl groups is 1. The molecule has 0 aromatic carbocycles. The van der Waals surface area contributed by atoms with Crippen molar-refractivity contribution >= 4 is 112 Å². The fourth-order valence-corrected chi connectivity index (χ4v) is 11.2. The number of nitrogens with one attached hydrogen (secondary N) is 15. The Balaban J connectivity index is 2.47. The van der Waals surface area contributed by atoms with Crippen LogP contribution in [-0.2, 0) is 99.2 Å². The normalized spacial score (nSPS) is 14.6. The van der Waals surface area contributed by atoms with Crippen molar-refractivity contribution in [3.63, 3.8) is 0 Å². The van der Waals surface area contributed by atoms with Crippen molar-refractivity contribution in [3.8, 4) is 0 Å². The minimum absolute atomic E-state index is 0.0356. The maximum atomic E-state index is 14.6. The van der Waals surface area contributed by atoms with E-state index in [1.807, 2.05) is 0 Å². The van der Waals surface area contributed by atoms with Crippen molar-refractivity contribution in [2.24, 2.45) is 40.9 Å². The van der Waals surface area contributed by atoms with Gasteiger partial charge < -0.3 is 111 Å². The Labute approximate surface area is 647 Å². The van der Waals surface area contributed by atoms with Crippen LogP contribution in [-0.4, -0.2) is 240 Å². The fourth-order valence-electron chi connectivity index (χ4n) is 10.7. The molecule has 0 radical (unpaired) electrons. The third-order valence-corrected chi connectivity index (χ3v) is 17.8. The Hall–Kier alpha value is -10.4. The highest BCUT2D eigenvalue weighted by Gasteiger charge is 2.40. The molecular weight excluding hydrogens is 1480 g/mol. The second-order valence-corrected chi connectivity index (χ2v) is 29.4. The monoisotopic (exact) mass is 1590 g/mol. The number of amides is 14. The number of hydrogen-bond donors (Lipinski definition) is 21. The largest absolute Gasteiger partial charge is 0.481 e. The van der Waals surface area contributed by atoms with E-state index in [0.717, 1.165) is 0 Å². The lowest BCUT2D eigenvalue weighted by Gasteiger charge is -2.32. The Morgan fingerprint density at radius 3 is 1.50 bits per heavy atom. The number of aliphatic hydroxyl groups excluding tert-OH is 1. The van der Waals surface area contributed by atoms with Gasteiger partial charge in [0.2, 0.25) is 82.7 Å². The van der Waals surface area contributed by atoms with Gasteiger partial charge in [0, 0.05) is 49.5 Å². The number of aromatic nitrogens is 4. The maximum absolute atomic E-state index is 14.6. The number of nitrogens with two attached hydrogens (primary N) is 3. The summed E-state index contributed by atoms with van der Waals surface area (Å²) in [6, 6.07) is -16.6. The van der Waals surface area contributed by atoms with Crippen LogP contribution in [0.3, 0.4) is 0 Å². The number of carboxylic acid groups (broad SMARTS) is 2. The van der Waals surface area contributed by atoms with Gasteiger partial charge in [0.1, 0.15) is 72.0 Å². The molecule has 622 valence electrons. The number of H-pyrrole nitrogens is 2. The number of primary amides is 2. The lowest BCUT2D eigenvalue weighted by molar-refractivity contribution is -0.157. The van der Waals surface area contributed by atoms with E-state index < -0.39 is 230 Å². The summed E-state index contributed by atoms with van der Waals surface area (Å²) in [6.07, 6.45) is 3.81. The predicted molar refractivity (Wildman–Crippen MR) is 400 cm³/mol. The zero-order chi connectivity index (χ0) is 83.8. The van der Waals surface area contributed by atoms with Crippen LogP contribution in [0.15, 0.2) is 25.0 Å². The molecule has 0 fully saturated rings. The number of rotatable bonds is 55. The summed E-state index contributed by atoms with van der Waals surface area (Å²) in [7, 11) is 0. The number of hydrogen-bond acceptors (Lipinski definition) is 24. The molecule has 2 aromatic heterocycles. The van der Waals surface area contributed by atoms with Crippen LogP contribution in [0, 0.1) is 23.7 Å². The molecule has 2 aromatic rings. The van der Waals surface area contributed by atoms with Gasteiger partial charge in [-0.2, -0.15) is 11.8 Å². The lowest BCUT2D eigenvalue weighted by atomic mass is 9.96. The van der Waals surface area contributed by atoms with E-state index >= 15 is 0 Å². The number of aromatic amines is 2. The number of aliphatic carboxylic acids is 2. The summed E-state index contributed by atoms with van der Waals surface area (Å²) in [5, 5.41) is 58.7. The van der Waals surface area contributed by atoms with E-state index in [1.54, 1.807) is 61.6 Å². The molecule has 0 unspecified atom stereocenters. The van der Waals surface area contributed by atoms with Crippen molar-refractivity contribution in [1.29, 1.82) is 0 Å². The summed E-state index contributed by atoms with van der Waals surface area (Å²) in [5.41, 5.74) is 17.9. The molecule has 111 heavy (non-hydrogen) atoms. The first-order chi connectivity index (χ1) is 52.2. The molecule has 0 bridgehead atoms. The standard InChI is InChI=1S/C69H114N20O21S/c1-12-38(8)56(87-61(101)43(17-19-53(94)95)86-68(109)69(9,10)88-66(106)55(37(6)7)89-110-54(96)20-23-90)65(105)80-42(16-18-50(71)91)59(99)82-46(26-36(4)5)62(102)79-44(21-24-111-11)60(100)83-47(27-39-30-73-33-76-39)63(103)84-48(29-51(72)92)64(104)81-45(25-35(2)3)57(97)75-32-52(93)78-41(15-13-14-22-70)58(98)85-49(67(107)108)28-40-31-74-34-77-40/h30-31,33-38,41-49,55-56,89-90H,12-29,32,70H2,1-11H3,(H2,71,91)(H2,72,92)(H,73,76)(H,74,77)(H,75,97)(H,78,93)(H,79,102)(H,80,105)(H,81,104)(H,82,99)(H,83,100)(H,84,103)(H,85,98)(H,86,109)(H,87,101)(H,88,106)(H,94,95)(H,107,108)/t38-,41-,42-,43-,44-,45-,46-,47-,48-,49-,55-,56-/m0/s1. The molecule has 0 saturated carbocycles. The molecule has 12 atom stereocenters. The quantitative estimate of drug-likeness (QED) is 0.0219. The maximum Gasteiger partial charge on any atom is 0.327 e. The Morgan fingerprint density at radius 2 is 1.00 bits per heavy atom. The van der Waals surface area contributed by atoms with E-state index in [4.69, 9.17) is 27.1 Å². The lowest BCUT2D eigenvalue weighted by Crippen LogP contribution is -2.63. The van der Waals surface area contributed by atoms with Crippen LogP contribution < -0.4 is 86.5 Å². The topological polar surface area (TPSA) is 652 Å². The van der Waals surface area contributed by atoms with E-state index in [-0.39, 0.29) is 81.2 Å². The average Bonchev–Trinajstić information content (AvgIpc) is 1.78. The molecule has 2 heterocycles. The average molecular weight is 1590 g/mol. The Bertz CT molecular complexity index is 3430. The van der Waals surface area contributed by atoms with Gasteiger partial charge in [-0.05, 0) is 107 Å². The van der Waals surface area contributed by atoms with Crippen molar-refractivity contribution in [2.45, 2.75) is 238 Å². The molecule has 2 rings (SSSR count). The molecule has 0 saturated heterocycles. The Kier molecular flexibility index (Phi) is 43.3.